The second-order valence-electron chi connectivity index (χ2n) is 7.75. The highest BCUT2D eigenvalue weighted by atomic mass is 32.2. The minimum atomic E-state index is -3.54. The van der Waals surface area contributed by atoms with E-state index in [2.05, 4.69) is 14.9 Å². The van der Waals surface area contributed by atoms with Crippen LogP contribution in [0.5, 0.6) is 0 Å². The van der Waals surface area contributed by atoms with E-state index in [4.69, 9.17) is 0 Å². The van der Waals surface area contributed by atoms with E-state index in [0.29, 0.717) is 0 Å². The van der Waals surface area contributed by atoms with Gasteiger partial charge in [-0.3, -0.25) is 4.79 Å². The van der Waals surface area contributed by atoms with E-state index in [1.807, 2.05) is 0 Å². The predicted octanol–water partition coefficient (Wildman–Crippen LogP) is 2.13. The van der Waals surface area contributed by atoms with E-state index in [0.717, 1.165) is 31.8 Å². The lowest BCUT2D eigenvalue weighted by Crippen LogP contribution is -2.46. The summed E-state index contributed by atoms with van der Waals surface area (Å²) in [5, 5.41) is 3.06. The topological polar surface area (TPSA) is 78.5 Å². The molecule has 27 heavy (non-hydrogen) atoms. The SMILES string of the molecule is O=C(CCNS(=O)(=O)c1ccccc1)NC1CCN(CC2CCCC2)CC1. The number of hydrogen-bond donors (Lipinski definition) is 2. The van der Waals surface area contributed by atoms with Crippen LogP contribution in [-0.2, 0) is 14.8 Å². The predicted molar refractivity (Wildman–Crippen MR) is 106 cm³/mol. The van der Waals surface area contributed by atoms with Crippen molar-refractivity contribution >= 4 is 15.9 Å². The number of benzene rings is 1. The van der Waals surface area contributed by atoms with Crippen LogP contribution in [0.4, 0.5) is 0 Å². The van der Waals surface area contributed by atoms with Gasteiger partial charge in [-0.25, -0.2) is 13.1 Å². The van der Waals surface area contributed by atoms with Gasteiger partial charge in [-0.2, -0.15) is 0 Å². The minimum absolute atomic E-state index is 0.0833. The molecule has 1 saturated carbocycles. The molecule has 2 fully saturated rings. The molecule has 2 aliphatic rings. The lowest BCUT2D eigenvalue weighted by Gasteiger charge is -2.33. The van der Waals surface area contributed by atoms with Gasteiger partial charge in [-0.15, -0.1) is 0 Å². The first-order valence-corrected chi connectivity index (χ1v) is 11.6. The summed E-state index contributed by atoms with van der Waals surface area (Å²) in [6.07, 6.45) is 7.62. The number of piperidine rings is 1. The van der Waals surface area contributed by atoms with Gasteiger partial charge in [0.2, 0.25) is 15.9 Å². The third kappa shape index (κ3) is 6.30. The van der Waals surface area contributed by atoms with Gasteiger partial charge in [0, 0.05) is 38.6 Å². The number of hydrogen-bond acceptors (Lipinski definition) is 4. The molecule has 0 atom stereocenters. The summed E-state index contributed by atoms with van der Waals surface area (Å²) >= 11 is 0. The molecule has 1 aliphatic carbocycles. The van der Waals surface area contributed by atoms with Crippen molar-refractivity contribution in [1.82, 2.24) is 14.9 Å². The lowest BCUT2D eigenvalue weighted by atomic mass is 10.0. The zero-order valence-corrected chi connectivity index (χ0v) is 16.7. The van der Waals surface area contributed by atoms with Gasteiger partial charge in [-0.05, 0) is 43.7 Å². The molecule has 0 radical (unpaired) electrons. The Morgan fingerprint density at radius 2 is 1.70 bits per heavy atom. The number of nitrogens with one attached hydrogen (secondary N) is 2. The average molecular weight is 394 g/mol. The van der Waals surface area contributed by atoms with Gasteiger partial charge in [0.05, 0.1) is 4.90 Å². The molecule has 0 bridgehead atoms. The van der Waals surface area contributed by atoms with Crippen LogP contribution in [0.1, 0.15) is 44.9 Å². The summed E-state index contributed by atoms with van der Waals surface area (Å²) in [7, 11) is -3.54. The fraction of sp³-hybridized carbons (Fsp3) is 0.650. The van der Waals surface area contributed by atoms with E-state index in [9.17, 15) is 13.2 Å². The maximum Gasteiger partial charge on any atom is 0.240 e. The molecule has 1 heterocycles. The molecular formula is C20H31N3O3S. The fourth-order valence-electron chi connectivity index (χ4n) is 4.10. The zero-order chi connectivity index (χ0) is 19.1. The van der Waals surface area contributed by atoms with Gasteiger partial charge in [0.25, 0.3) is 0 Å². The summed E-state index contributed by atoms with van der Waals surface area (Å²) in [5.41, 5.74) is 0. The molecular weight excluding hydrogens is 362 g/mol. The molecule has 1 aromatic rings. The van der Waals surface area contributed by atoms with Crippen LogP contribution in [0.15, 0.2) is 35.2 Å². The van der Waals surface area contributed by atoms with Crippen molar-refractivity contribution in [2.45, 2.75) is 55.9 Å². The van der Waals surface area contributed by atoms with Crippen molar-refractivity contribution in [3.63, 3.8) is 0 Å². The Bertz CT molecular complexity index is 694. The molecule has 150 valence electrons. The van der Waals surface area contributed by atoms with Crippen LogP contribution in [0, 0.1) is 5.92 Å². The Morgan fingerprint density at radius 3 is 2.37 bits per heavy atom. The van der Waals surface area contributed by atoms with Crippen molar-refractivity contribution in [3.8, 4) is 0 Å². The Hall–Kier alpha value is -1.44. The molecule has 3 rings (SSSR count). The number of nitrogens with zero attached hydrogens (tertiary/aromatic N) is 1. The molecule has 0 aromatic heterocycles. The van der Waals surface area contributed by atoms with Crippen molar-refractivity contribution in [2.75, 3.05) is 26.2 Å². The summed E-state index contributed by atoms with van der Waals surface area (Å²) in [5.74, 6) is 0.786. The Morgan fingerprint density at radius 1 is 1.04 bits per heavy atom. The first-order chi connectivity index (χ1) is 13.0. The highest BCUT2D eigenvalue weighted by molar-refractivity contribution is 7.89. The number of carbonyl (C=O) groups excluding carboxylic acids is 1. The molecule has 7 heteroatoms. The van der Waals surface area contributed by atoms with E-state index in [1.54, 1.807) is 30.3 Å². The van der Waals surface area contributed by atoms with Gasteiger partial charge < -0.3 is 10.2 Å². The highest BCUT2D eigenvalue weighted by Gasteiger charge is 2.24. The van der Waals surface area contributed by atoms with Crippen LogP contribution in [0.2, 0.25) is 0 Å². The number of likely N-dealkylation sites (tertiary alicyclic amines) is 1. The largest absolute Gasteiger partial charge is 0.353 e. The molecule has 0 unspecified atom stereocenters. The summed E-state index contributed by atoms with van der Waals surface area (Å²) in [4.78, 5) is 14.9. The van der Waals surface area contributed by atoms with Gasteiger partial charge in [0.1, 0.15) is 0 Å². The molecule has 0 spiro atoms. The van der Waals surface area contributed by atoms with Crippen molar-refractivity contribution in [2.24, 2.45) is 5.92 Å². The van der Waals surface area contributed by atoms with E-state index < -0.39 is 10.0 Å². The normalized spacial score (nSPS) is 20.0. The van der Waals surface area contributed by atoms with E-state index >= 15 is 0 Å². The van der Waals surface area contributed by atoms with Gasteiger partial charge in [-0.1, -0.05) is 31.0 Å². The van der Waals surface area contributed by atoms with Crippen LogP contribution < -0.4 is 10.0 Å². The number of carbonyl (C=O) groups is 1. The summed E-state index contributed by atoms with van der Waals surface area (Å²) in [6.45, 7) is 3.41. The Balaban J connectivity index is 1.33. The van der Waals surface area contributed by atoms with Crippen LogP contribution in [0.3, 0.4) is 0 Å². The average Bonchev–Trinajstić information content (AvgIpc) is 3.17. The number of amides is 1. The molecule has 1 aromatic carbocycles. The molecule has 1 aliphatic heterocycles. The second kappa shape index (κ2) is 9.66. The van der Waals surface area contributed by atoms with Crippen LogP contribution in [-0.4, -0.2) is 51.4 Å². The van der Waals surface area contributed by atoms with Crippen molar-refractivity contribution in [3.05, 3.63) is 30.3 Å². The molecule has 1 amide bonds. The third-order valence-electron chi connectivity index (χ3n) is 5.64. The van der Waals surface area contributed by atoms with Gasteiger partial charge >= 0.3 is 0 Å². The Kier molecular flexibility index (Phi) is 7.26. The molecule has 1 saturated heterocycles. The van der Waals surface area contributed by atoms with Crippen LogP contribution >= 0.6 is 0 Å². The highest BCUT2D eigenvalue weighted by Crippen LogP contribution is 2.26. The smallest absolute Gasteiger partial charge is 0.240 e. The fourth-order valence-corrected chi connectivity index (χ4v) is 5.15. The lowest BCUT2D eigenvalue weighted by molar-refractivity contribution is -0.121. The second-order valence-corrected chi connectivity index (χ2v) is 9.52. The van der Waals surface area contributed by atoms with Gasteiger partial charge in [0.15, 0.2) is 0 Å². The van der Waals surface area contributed by atoms with Crippen LogP contribution in [0.25, 0.3) is 0 Å². The Labute approximate surface area is 162 Å². The quantitative estimate of drug-likeness (QED) is 0.709. The minimum Gasteiger partial charge on any atom is -0.353 e. The third-order valence-corrected chi connectivity index (χ3v) is 7.12. The standard InChI is InChI=1S/C20H31N3O3S/c24-20(10-13-21-27(25,26)19-8-2-1-3-9-19)22-18-11-14-23(15-12-18)16-17-6-4-5-7-17/h1-3,8-9,17-18,21H,4-7,10-16H2,(H,22,24). The number of sulfonamides is 1. The van der Waals surface area contributed by atoms with Crippen molar-refractivity contribution < 1.29 is 13.2 Å². The van der Waals surface area contributed by atoms with E-state index in [1.165, 1.54) is 32.2 Å². The summed E-state index contributed by atoms with van der Waals surface area (Å²) < 4.78 is 26.8. The zero-order valence-electron chi connectivity index (χ0n) is 15.9. The van der Waals surface area contributed by atoms with Crippen molar-refractivity contribution in [1.29, 1.82) is 0 Å². The first-order valence-electron chi connectivity index (χ1n) is 10.1. The van der Waals surface area contributed by atoms with E-state index in [-0.39, 0.29) is 29.8 Å². The monoisotopic (exact) mass is 393 g/mol. The maximum atomic E-state index is 12.1. The maximum absolute atomic E-state index is 12.1. The molecule has 6 nitrogen and oxygen atoms in total. The molecule has 2 N–H and O–H groups in total. The number of rotatable bonds is 8. The first kappa shape index (κ1) is 20.3. The summed E-state index contributed by atoms with van der Waals surface area (Å²) in [6, 6.07) is 8.43.